The minimum atomic E-state index is 0.270. The second-order valence-corrected chi connectivity index (χ2v) is 4.77. The molecule has 2 heterocycles. The molecule has 0 aliphatic carbocycles. The zero-order valence-electron chi connectivity index (χ0n) is 10.6. The number of rotatable bonds is 5. The zero-order chi connectivity index (χ0) is 12.3. The largest absolute Gasteiger partial charge is 0.378 e. The van der Waals surface area contributed by atoms with Gasteiger partial charge in [-0.3, -0.25) is 16.0 Å². The van der Waals surface area contributed by atoms with Gasteiger partial charge in [0, 0.05) is 31.8 Å². The second kappa shape index (κ2) is 5.62. The summed E-state index contributed by atoms with van der Waals surface area (Å²) in [5.41, 5.74) is 4.17. The van der Waals surface area contributed by atoms with E-state index in [1.54, 1.807) is 0 Å². The van der Waals surface area contributed by atoms with Gasteiger partial charge < -0.3 is 4.74 Å². The summed E-state index contributed by atoms with van der Waals surface area (Å²) in [5, 5.41) is 4.19. The number of nitrogens with zero attached hydrogens (tertiary/aromatic N) is 2. The predicted octanol–water partition coefficient (Wildman–Crippen LogP) is 0.610. The third-order valence-corrected chi connectivity index (χ3v) is 3.61. The Bertz CT molecular complexity index is 352. The van der Waals surface area contributed by atoms with Crippen LogP contribution in [0.2, 0.25) is 0 Å². The molecule has 3 atom stereocenters. The van der Waals surface area contributed by atoms with Crippen LogP contribution in [0.25, 0.3) is 0 Å². The molecule has 5 nitrogen and oxygen atoms in total. The lowest BCUT2D eigenvalue weighted by Crippen LogP contribution is -2.45. The van der Waals surface area contributed by atoms with Gasteiger partial charge in [0.2, 0.25) is 0 Å². The minimum absolute atomic E-state index is 0.270. The van der Waals surface area contributed by atoms with Crippen molar-refractivity contribution in [3.63, 3.8) is 0 Å². The highest BCUT2D eigenvalue weighted by molar-refractivity contribution is 5.07. The molecule has 1 aromatic rings. The van der Waals surface area contributed by atoms with Crippen LogP contribution < -0.4 is 11.3 Å². The number of nitrogens with two attached hydrogens (primary N) is 1. The predicted molar refractivity (Wildman–Crippen MR) is 66.2 cm³/mol. The van der Waals surface area contributed by atoms with Crippen LogP contribution in [0, 0.1) is 5.92 Å². The summed E-state index contributed by atoms with van der Waals surface area (Å²) in [6, 6.07) is 0.270. The van der Waals surface area contributed by atoms with Gasteiger partial charge in [0.05, 0.1) is 12.3 Å². The van der Waals surface area contributed by atoms with Crippen molar-refractivity contribution in [3.05, 3.63) is 18.0 Å². The zero-order valence-corrected chi connectivity index (χ0v) is 10.6. The standard InChI is InChI=1S/C12H22N4O/c1-3-12-10(4-5-17-12)11(15-13)6-9-7-14-16(2)8-9/h7-8,10-12,15H,3-6,13H2,1-2H3. The average Bonchev–Trinajstić information content (AvgIpc) is 2.94. The van der Waals surface area contributed by atoms with Crippen LogP contribution in [0.5, 0.6) is 0 Å². The number of aromatic nitrogens is 2. The molecule has 0 aromatic carbocycles. The smallest absolute Gasteiger partial charge is 0.0617 e. The van der Waals surface area contributed by atoms with Gasteiger partial charge in [0.25, 0.3) is 0 Å². The molecule has 1 aromatic heterocycles. The van der Waals surface area contributed by atoms with E-state index in [2.05, 4.69) is 17.4 Å². The Morgan fingerprint density at radius 2 is 2.53 bits per heavy atom. The van der Waals surface area contributed by atoms with Crippen molar-refractivity contribution in [3.8, 4) is 0 Å². The van der Waals surface area contributed by atoms with Crippen molar-refractivity contribution in [1.29, 1.82) is 0 Å². The van der Waals surface area contributed by atoms with Crippen LogP contribution >= 0.6 is 0 Å². The third kappa shape index (κ3) is 2.86. The van der Waals surface area contributed by atoms with E-state index in [0.29, 0.717) is 12.0 Å². The van der Waals surface area contributed by atoms with Crippen molar-refractivity contribution in [2.75, 3.05) is 6.61 Å². The molecule has 1 saturated heterocycles. The average molecular weight is 238 g/mol. The molecule has 0 radical (unpaired) electrons. The molecule has 0 spiro atoms. The van der Waals surface area contributed by atoms with Gasteiger partial charge in [0.15, 0.2) is 0 Å². The molecule has 1 aliphatic heterocycles. The maximum absolute atomic E-state index is 5.72. The third-order valence-electron chi connectivity index (χ3n) is 3.61. The summed E-state index contributed by atoms with van der Waals surface area (Å²) in [6.45, 7) is 3.02. The number of hydrazine groups is 1. The van der Waals surface area contributed by atoms with Gasteiger partial charge in [0.1, 0.15) is 0 Å². The van der Waals surface area contributed by atoms with Crippen molar-refractivity contribution < 1.29 is 4.74 Å². The van der Waals surface area contributed by atoms with Crippen LogP contribution in [-0.2, 0) is 18.2 Å². The summed E-state index contributed by atoms with van der Waals surface area (Å²) in [7, 11) is 1.93. The molecule has 1 fully saturated rings. The van der Waals surface area contributed by atoms with Crippen LogP contribution in [0.15, 0.2) is 12.4 Å². The van der Waals surface area contributed by atoms with Crippen LogP contribution in [-0.4, -0.2) is 28.5 Å². The molecule has 0 amide bonds. The maximum atomic E-state index is 5.72. The minimum Gasteiger partial charge on any atom is -0.378 e. The molecule has 5 heteroatoms. The lowest BCUT2D eigenvalue weighted by molar-refractivity contribution is 0.0775. The molecule has 0 bridgehead atoms. The van der Waals surface area contributed by atoms with Crippen molar-refractivity contribution in [1.82, 2.24) is 15.2 Å². The van der Waals surface area contributed by atoms with Gasteiger partial charge in [-0.15, -0.1) is 0 Å². The Balaban J connectivity index is 2.00. The van der Waals surface area contributed by atoms with Gasteiger partial charge in [-0.2, -0.15) is 5.10 Å². The van der Waals surface area contributed by atoms with Gasteiger partial charge >= 0.3 is 0 Å². The molecular weight excluding hydrogens is 216 g/mol. The first-order valence-electron chi connectivity index (χ1n) is 6.29. The van der Waals surface area contributed by atoms with E-state index in [1.165, 1.54) is 5.56 Å². The Morgan fingerprint density at radius 3 is 3.12 bits per heavy atom. The summed E-state index contributed by atoms with van der Waals surface area (Å²) >= 11 is 0. The Morgan fingerprint density at radius 1 is 1.71 bits per heavy atom. The number of nitrogens with one attached hydrogen (secondary N) is 1. The molecule has 0 saturated carbocycles. The second-order valence-electron chi connectivity index (χ2n) is 4.77. The van der Waals surface area contributed by atoms with E-state index >= 15 is 0 Å². The quantitative estimate of drug-likeness (QED) is 0.583. The molecule has 3 unspecified atom stereocenters. The van der Waals surface area contributed by atoms with Crippen molar-refractivity contribution >= 4 is 0 Å². The summed E-state index contributed by atoms with van der Waals surface area (Å²) in [6.07, 6.45) is 7.34. The van der Waals surface area contributed by atoms with E-state index in [-0.39, 0.29) is 6.04 Å². The van der Waals surface area contributed by atoms with Gasteiger partial charge in [-0.1, -0.05) is 6.92 Å². The summed E-state index contributed by atoms with van der Waals surface area (Å²) in [5.74, 6) is 6.20. The first-order valence-corrected chi connectivity index (χ1v) is 6.29. The molecular formula is C12H22N4O. The van der Waals surface area contributed by atoms with E-state index in [0.717, 1.165) is 25.9 Å². The first kappa shape index (κ1) is 12.5. The van der Waals surface area contributed by atoms with E-state index < -0.39 is 0 Å². The van der Waals surface area contributed by atoms with Crippen molar-refractivity contribution in [2.24, 2.45) is 18.8 Å². The highest BCUT2D eigenvalue weighted by Crippen LogP contribution is 2.27. The van der Waals surface area contributed by atoms with Crippen LogP contribution in [0.1, 0.15) is 25.3 Å². The first-order chi connectivity index (χ1) is 8.24. The maximum Gasteiger partial charge on any atom is 0.0617 e. The Labute approximate surface area is 102 Å². The molecule has 17 heavy (non-hydrogen) atoms. The molecule has 3 N–H and O–H groups in total. The van der Waals surface area contributed by atoms with E-state index in [4.69, 9.17) is 10.6 Å². The number of hydrogen-bond acceptors (Lipinski definition) is 4. The van der Waals surface area contributed by atoms with E-state index in [1.807, 2.05) is 24.1 Å². The highest BCUT2D eigenvalue weighted by Gasteiger charge is 2.33. The number of aryl methyl sites for hydroxylation is 1. The SMILES string of the molecule is CCC1OCCC1C(Cc1cnn(C)c1)NN. The Hall–Kier alpha value is -0.910. The van der Waals surface area contributed by atoms with Crippen molar-refractivity contribution in [2.45, 2.75) is 38.3 Å². The topological polar surface area (TPSA) is 65.1 Å². The molecule has 1 aliphatic rings. The normalized spacial score (nSPS) is 26.3. The monoisotopic (exact) mass is 238 g/mol. The Kier molecular flexibility index (Phi) is 4.15. The lowest BCUT2D eigenvalue weighted by atomic mass is 9.88. The number of ether oxygens (including phenoxy) is 1. The van der Waals surface area contributed by atoms with Gasteiger partial charge in [-0.05, 0) is 24.8 Å². The molecule has 2 rings (SSSR count). The van der Waals surface area contributed by atoms with Crippen LogP contribution in [0.3, 0.4) is 0 Å². The van der Waals surface area contributed by atoms with Gasteiger partial charge in [-0.25, -0.2) is 0 Å². The summed E-state index contributed by atoms with van der Waals surface area (Å²) in [4.78, 5) is 0. The van der Waals surface area contributed by atoms with E-state index in [9.17, 15) is 0 Å². The fraction of sp³-hybridized carbons (Fsp3) is 0.750. The lowest BCUT2D eigenvalue weighted by Gasteiger charge is -2.26. The number of hydrogen-bond donors (Lipinski definition) is 2. The molecule has 96 valence electrons. The summed E-state index contributed by atoms with van der Waals surface area (Å²) < 4.78 is 7.55. The van der Waals surface area contributed by atoms with Crippen LogP contribution in [0.4, 0.5) is 0 Å². The fourth-order valence-electron chi connectivity index (χ4n) is 2.71. The highest BCUT2D eigenvalue weighted by atomic mass is 16.5. The fourth-order valence-corrected chi connectivity index (χ4v) is 2.71.